The number of carbonyl (C=O) groups excluding carboxylic acids is 1. The fraction of sp³-hybridized carbons (Fsp3) is 0.238. The van der Waals surface area contributed by atoms with Gasteiger partial charge in [-0.05, 0) is 36.1 Å². The number of nitro benzene ring substituents is 1. The number of carbonyl (C=O) groups is 1. The molecule has 0 radical (unpaired) electrons. The lowest BCUT2D eigenvalue weighted by atomic mass is 9.74. The van der Waals surface area contributed by atoms with Gasteiger partial charge < -0.3 is 5.32 Å². The van der Waals surface area contributed by atoms with E-state index in [9.17, 15) is 14.9 Å². The standard InChI is InChI=1S/C21H19N3O3/c1-21(2)11-17-19(18(25)12-21)20(13-7-9-14(10-8-13)24(26)27)23-16-6-4-3-5-15(16)22-17/h3-10,22H,11-12H2,1-2H3. The van der Waals surface area contributed by atoms with Crippen LogP contribution in [0.3, 0.4) is 0 Å². The third-order valence-corrected chi connectivity index (χ3v) is 4.89. The van der Waals surface area contributed by atoms with Gasteiger partial charge in [0.05, 0.1) is 27.6 Å². The molecule has 1 aliphatic heterocycles. The Labute approximate surface area is 156 Å². The lowest BCUT2D eigenvalue weighted by Crippen LogP contribution is -2.31. The molecule has 27 heavy (non-hydrogen) atoms. The van der Waals surface area contributed by atoms with Gasteiger partial charge in [0.2, 0.25) is 0 Å². The number of anilines is 1. The molecule has 0 fully saturated rings. The van der Waals surface area contributed by atoms with Crippen molar-refractivity contribution in [3.8, 4) is 0 Å². The summed E-state index contributed by atoms with van der Waals surface area (Å²) in [5.74, 6) is 0.0404. The van der Waals surface area contributed by atoms with Gasteiger partial charge in [-0.1, -0.05) is 26.0 Å². The molecule has 0 saturated carbocycles. The van der Waals surface area contributed by atoms with Crippen LogP contribution in [0.25, 0.3) is 0 Å². The number of benzene rings is 2. The minimum atomic E-state index is -0.436. The number of nitro groups is 1. The van der Waals surface area contributed by atoms with Crippen molar-refractivity contribution in [2.75, 3.05) is 5.32 Å². The normalized spacial score (nSPS) is 18.0. The van der Waals surface area contributed by atoms with Crippen LogP contribution in [0, 0.1) is 15.5 Å². The van der Waals surface area contributed by atoms with Crippen molar-refractivity contribution in [3.05, 3.63) is 75.5 Å². The smallest absolute Gasteiger partial charge is 0.269 e. The van der Waals surface area contributed by atoms with Crippen molar-refractivity contribution < 1.29 is 9.72 Å². The summed E-state index contributed by atoms with van der Waals surface area (Å²) >= 11 is 0. The zero-order valence-corrected chi connectivity index (χ0v) is 15.2. The molecule has 0 spiro atoms. The summed E-state index contributed by atoms with van der Waals surface area (Å²) in [6.07, 6.45) is 1.17. The Morgan fingerprint density at radius 1 is 1.07 bits per heavy atom. The minimum Gasteiger partial charge on any atom is -0.356 e. The number of aliphatic imine (C=N–C) groups is 1. The lowest BCUT2D eigenvalue weighted by Gasteiger charge is -2.32. The number of rotatable bonds is 2. The highest BCUT2D eigenvalue weighted by Crippen LogP contribution is 2.42. The molecule has 0 atom stereocenters. The first-order valence-corrected chi connectivity index (χ1v) is 8.80. The number of hydrogen-bond acceptors (Lipinski definition) is 5. The molecule has 0 saturated heterocycles. The summed E-state index contributed by atoms with van der Waals surface area (Å²) in [7, 11) is 0. The molecule has 0 unspecified atom stereocenters. The van der Waals surface area contributed by atoms with Gasteiger partial charge in [-0.3, -0.25) is 14.9 Å². The van der Waals surface area contributed by atoms with E-state index in [2.05, 4.69) is 19.2 Å². The van der Waals surface area contributed by atoms with E-state index >= 15 is 0 Å². The van der Waals surface area contributed by atoms with Crippen LogP contribution >= 0.6 is 0 Å². The van der Waals surface area contributed by atoms with Crippen LogP contribution in [0.5, 0.6) is 0 Å². The first-order valence-electron chi connectivity index (χ1n) is 8.80. The van der Waals surface area contributed by atoms with Gasteiger partial charge in [0.15, 0.2) is 5.78 Å². The van der Waals surface area contributed by atoms with Crippen molar-refractivity contribution in [2.24, 2.45) is 10.4 Å². The van der Waals surface area contributed by atoms with Crippen LogP contribution < -0.4 is 5.32 Å². The first kappa shape index (κ1) is 17.1. The predicted octanol–water partition coefficient (Wildman–Crippen LogP) is 4.78. The lowest BCUT2D eigenvalue weighted by molar-refractivity contribution is -0.384. The third kappa shape index (κ3) is 3.14. The van der Waals surface area contributed by atoms with Crippen molar-refractivity contribution in [3.63, 3.8) is 0 Å². The van der Waals surface area contributed by atoms with Gasteiger partial charge in [0.1, 0.15) is 0 Å². The molecular weight excluding hydrogens is 342 g/mol. The maximum Gasteiger partial charge on any atom is 0.269 e. The van der Waals surface area contributed by atoms with E-state index < -0.39 is 4.92 Å². The number of nitrogens with zero attached hydrogens (tertiary/aromatic N) is 2. The molecule has 136 valence electrons. The molecule has 2 aromatic carbocycles. The average Bonchev–Trinajstić information content (AvgIpc) is 2.77. The highest BCUT2D eigenvalue weighted by Gasteiger charge is 2.36. The molecule has 2 aromatic rings. The Balaban J connectivity index is 1.91. The van der Waals surface area contributed by atoms with Crippen molar-refractivity contribution >= 4 is 28.6 Å². The summed E-state index contributed by atoms with van der Waals surface area (Å²) in [5.41, 5.74) is 4.17. The van der Waals surface area contributed by atoms with E-state index in [1.165, 1.54) is 12.1 Å². The topological polar surface area (TPSA) is 84.6 Å². The molecule has 6 heteroatoms. The maximum atomic E-state index is 13.0. The fourth-order valence-corrected chi connectivity index (χ4v) is 3.67. The zero-order chi connectivity index (χ0) is 19.2. The number of fused-ring (bicyclic) bond motifs is 1. The molecule has 1 aliphatic carbocycles. The Hall–Kier alpha value is -3.28. The number of ketones is 1. The van der Waals surface area contributed by atoms with Crippen LogP contribution in [-0.4, -0.2) is 16.4 Å². The second-order valence-electron chi connectivity index (χ2n) is 7.70. The predicted molar refractivity (Wildman–Crippen MR) is 104 cm³/mol. The summed E-state index contributed by atoms with van der Waals surface area (Å²) in [4.78, 5) is 28.3. The van der Waals surface area contributed by atoms with E-state index in [1.54, 1.807) is 12.1 Å². The highest BCUT2D eigenvalue weighted by molar-refractivity contribution is 6.30. The number of nitrogens with one attached hydrogen (secondary N) is 1. The summed E-state index contributed by atoms with van der Waals surface area (Å²) < 4.78 is 0. The molecule has 1 N–H and O–H groups in total. The first-order chi connectivity index (χ1) is 12.8. The minimum absolute atomic E-state index is 0.0109. The maximum absolute atomic E-state index is 13.0. The van der Waals surface area contributed by atoms with Gasteiger partial charge in [0, 0.05) is 29.8 Å². The summed E-state index contributed by atoms with van der Waals surface area (Å²) in [6, 6.07) is 13.8. The Kier molecular flexibility index (Phi) is 3.91. The molecule has 1 heterocycles. The number of hydrogen-bond donors (Lipinski definition) is 1. The van der Waals surface area contributed by atoms with Crippen LogP contribution in [0.4, 0.5) is 17.1 Å². The van der Waals surface area contributed by atoms with Crippen LogP contribution in [0.15, 0.2) is 64.8 Å². The summed E-state index contributed by atoms with van der Waals surface area (Å²) in [6.45, 7) is 4.16. The van der Waals surface area contributed by atoms with Crippen LogP contribution in [-0.2, 0) is 4.79 Å². The molecule has 0 aromatic heterocycles. The molecule has 0 bridgehead atoms. The van der Waals surface area contributed by atoms with E-state index in [4.69, 9.17) is 4.99 Å². The van der Waals surface area contributed by atoms with Gasteiger partial charge in [-0.2, -0.15) is 0 Å². The SMILES string of the molecule is CC1(C)CC(=O)C2=C(C1)Nc1ccccc1N=C2c1ccc([N+](=O)[O-])cc1. The highest BCUT2D eigenvalue weighted by atomic mass is 16.6. The fourth-order valence-electron chi connectivity index (χ4n) is 3.67. The molecule has 0 amide bonds. The zero-order valence-electron chi connectivity index (χ0n) is 15.2. The summed E-state index contributed by atoms with van der Waals surface area (Å²) in [5, 5.41) is 14.4. The van der Waals surface area contributed by atoms with Crippen molar-refractivity contribution in [1.82, 2.24) is 0 Å². The second kappa shape index (κ2) is 6.16. The number of non-ortho nitro benzene ring substituents is 1. The van der Waals surface area contributed by atoms with Gasteiger partial charge >= 0.3 is 0 Å². The molecule has 2 aliphatic rings. The van der Waals surface area contributed by atoms with Gasteiger partial charge in [-0.25, -0.2) is 4.99 Å². The van der Waals surface area contributed by atoms with Crippen molar-refractivity contribution in [2.45, 2.75) is 26.7 Å². The molecule has 4 rings (SSSR count). The van der Waals surface area contributed by atoms with E-state index in [0.717, 1.165) is 23.5 Å². The Morgan fingerprint density at radius 3 is 2.48 bits per heavy atom. The van der Waals surface area contributed by atoms with Gasteiger partial charge in [0.25, 0.3) is 5.69 Å². The quantitative estimate of drug-likeness (QED) is 0.616. The van der Waals surface area contributed by atoms with E-state index in [-0.39, 0.29) is 16.9 Å². The number of para-hydroxylation sites is 2. The average molecular weight is 361 g/mol. The second-order valence-corrected chi connectivity index (χ2v) is 7.70. The molecular formula is C21H19N3O3. The van der Waals surface area contributed by atoms with E-state index in [1.807, 2.05) is 24.3 Å². The number of Topliss-reactive ketones (excluding diaryl/α,β-unsaturated/α-hetero) is 1. The number of allylic oxidation sites excluding steroid dienone is 2. The Bertz CT molecular complexity index is 1020. The van der Waals surface area contributed by atoms with Crippen molar-refractivity contribution in [1.29, 1.82) is 0 Å². The van der Waals surface area contributed by atoms with Gasteiger partial charge in [-0.15, -0.1) is 0 Å². The molecule has 6 nitrogen and oxygen atoms in total. The Morgan fingerprint density at radius 2 is 1.78 bits per heavy atom. The third-order valence-electron chi connectivity index (χ3n) is 4.89. The van der Waals surface area contributed by atoms with Crippen LogP contribution in [0.2, 0.25) is 0 Å². The largest absolute Gasteiger partial charge is 0.356 e. The van der Waals surface area contributed by atoms with Crippen LogP contribution in [0.1, 0.15) is 32.3 Å². The van der Waals surface area contributed by atoms with E-state index in [0.29, 0.717) is 23.3 Å². The monoisotopic (exact) mass is 361 g/mol.